The average molecular weight is 211 g/mol. The van der Waals surface area contributed by atoms with Gasteiger partial charge in [0, 0.05) is 24.9 Å². The molecule has 1 aliphatic carbocycles. The highest BCUT2D eigenvalue weighted by Crippen LogP contribution is 2.26. The molecule has 1 atom stereocenters. The third-order valence-corrected chi connectivity index (χ3v) is 2.90. The second-order valence-corrected chi connectivity index (χ2v) is 4.09. The Bertz CT molecular complexity index is 430. The molecule has 16 heavy (non-hydrogen) atoms. The maximum absolute atomic E-state index is 2.24. The van der Waals surface area contributed by atoms with E-state index in [2.05, 4.69) is 79.8 Å². The van der Waals surface area contributed by atoms with Crippen molar-refractivity contribution in [1.29, 1.82) is 0 Å². The van der Waals surface area contributed by atoms with Crippen molar-refractivity contribution in [3.8, 4) is 0 Å². The van der Waals surface area contributed by atoms with Gasteiger partial charge in [-0.1, -0.05) is 48.1 Å². The lowest BCUT2D eigenvalue weighted by atomic mass is 9.95. The Morgan fingerprint density at radius 3 is 2.56 bits per heavy atom. The van der Waals surface area contributed by atoms with E-state index in [4.69, 9.17) is 0 Å². The first-order valence-electron chi connectivity index (χ1n) is 5.58. The zero-order valence-electron chi connectivity index (χ0n) is 9.80. The van der Waals surface area contributed by atoms with Gasteiger partial charge in [0.1, 0.15) is 0 Å². The fourth-order valence-electron chi connectivity index (χ4n) is 1.96. The van der Waals surface area contributed by atoms with Crippen LogP contribution in [0.3, 0.4) is 0 Å². The largest absolute Gasteiger partial charge is 0.354 e. The van der Waals surface area contributed by atoms with Gasteiger partial charge < -0.3 is 4.90 Å². The summed E-state index contributed by atoms with van der Waals surface area (Å²) in [6.45, 7) is 2.18. The topological polar surface area (TPSA) is 3.24 Å². The number of nitrogens with zero attached hydrogens (tertiary/aromatic N) is 1. The van der Waals surface area contributed by atoms with Crippen LogP contribution in [0.25, 0.3) is 0 Å². The molecule has 0 saturated heterocycles. The van der Waals surface area contributed by atoms with E-state index in [1.165, 1.54) is 11.3 Å². The highest BCUT2D eigenvalue weighted by molar-refractivity contribution is 5.36. The van der Waals surface area contributed by atoms with Crippen LogP contribution in [-0.2, 0) is 0 Å². The van der Waals surface area contributed by atoms with Crippen LogP contribution in [0, 0.1) is 5.92 Å². The van der Waals surface area contributed by atoms with Crippen molar-refractivity contribution in [3.63, 3.8) is 0 Å². The van der Waals surface area contributed by atoms with Crippen molar-refractivity contribution in [2.45, 2.75) is 6.92 Å². The zero-order valence-corrected chi connectivity index (χ0v) is 9.80. The van der Waals surface area contributed by atoms with Gasteiger partial charge in [-0.25, -0.2) is 0 Å². The van der Waals surface area contributed by atoms with Gasteiger partial charge in [0.05, 0.1) is 0 Å². The van der Waals surface area contributed by atoms with E-state index in [0.717, 1.165) is 0 Å². The van der Waals surface area contributed by atoms with Crippen LogP contribution < -0.4 is 0 Å². The van der Waals surface area contributed by atoms with E-state index in [1.54, 1.807) is 0 Å². The van der Waals surface area contributed by atoms with Gasteiger partial charge in [0.25, 0.3) is 0 Å². The van der Waals surface area contributed by atoms with Crippen molar-refractivity contribution in [3.05, 3.63) is 72.2 Å². The smallest absolute Gasteiger partial charge is 0.0385 e. The summed E-state index contributed by atoms with van der Waals surface area (Å²) in [4.78, 5) is 2.18. The molecule has 0 aromatic rings. The van der Waals surface area contributed by atoms with Crippen LogP contribution in [-0.4, -0.2) is 11.9 Å². The molecule has 0 aromatic heterocycles. The molecule has 2 rings (SSSR count). The van der Waals surface area contributed by atoms with Gasteiger partial charge >= 0.3 is 0 Å². The van der Waals surface area contributed by atoms with Crippen LogP contribution >= 0.6 is 0 Å². The Balaban J connectivity index is 2.33. The maximum atomic E-state index is 2.24. The van der Waals surface area contributed by atoms with Crippen LogP contribution in [0.4, 0.5) is 0 Å². The molecule has 1 heterocycles. The third-order valence-electron chi connectivity index (χ3n) is 2.90. The van der Waals surface area contributed by atoms with Crippen molar-refractivity contribution in [2.75, 3.05) is 7.05 Å². The van der Waals surface area contributed by atoms with Gasteiger partial charge in [-0.2, -0.15) is 0 Å². The highest BCUT2D eigenvalue weighted by atomic mass is 15.1. The van der Waals surface area contributed by atoms with Crippen LogP contribution in [0.15, 0.2) is 72.2 Å². The number of hydrogen-bond acceptors (Lipinski definition) is 1. The van der Waals surface area contributed by atoms with Crippen molar-refractivity contribution < 1.29 is 0 Å². The van der Waals surface area contributed by atoms with Crippen molar-refractivity contribution >= 4 is 0 Å². The minimum absolute atomic E-state index is 0.368. The van der Waals surface area contributed by atoms with Gasteiger partial charge in [-0.15, -0.1) is 0 Å². The summed E-state index contributed by atoms with van der Waals surface area (Å²) in [6.07, 6.45) is 21.2. The Kier molecular flexibility index (Phi) is 3.25. The quantitative estimate of drug-likeness (QED) is 0.641. The van der Waals surface area contributed by atoms with Gasteiger partial charge in [-0.05, 0) is 19.1 Å². The molecule has 82 valence electrons. The molecule has 1 unspecified atom stereocenters. The average Bonchev–Trinajstić information content (AvgIpc) is 2.59. The SMILES string of the molecule is CC1=CC=CC=CC1C1=CC=CC=CN1C. The minimum atomic E-state index is 0.368. The Hall–Kier alpha value is -1.76. The lowest BCUT2D eigenvalue weighted by Crippen LogP contribution is -2.17. The van der Waals surface area contributed by atoms with Crippen LogP contribution in [0.5, 0.6) is 0 Å². The van der Waals surface area contributed by atoms with E-state index in [0.29, 0.717) is 5.92 Å². The Morgan fingerprint density at radius 2 is 1.69 bits per heavy atom. The molecule has 0 radical (unpaired) electrons. The zero-order chi connectivity index (χ0) is 11.4. The number of rotatable bonds is 1. The second-order valence-electron chi connectivity index (χ2n) is 4.09. The Labute approximate surface area is 97.5 Å². The molecule has 0 bridgehead atoms. The van der Waals surface area contributed by atoms with Crippen LogP contribution in [0.1, 0.15) is 6.92 Å². The predicted molar refractivity (Wildman–Crippen MR) is 69.7 cm³/mol. The van der Waals surface area contributed by atoms with Gasteiger partial charge in [0.2, 0.25) is 0 Å². The molecule has 0 aromatic carbocycles. The molecule has 2 aliphatic rings. The summed E-state index contributed by atoms with van der Waals surface area (Å²) >= 11 is 0. The van der Waals surface area contributed by atoms with Crippen molar-refractivity contribution in [2.24, 2.45) is 5.92 Å². The number of hydrogen-bond donors (Lipinski definition) is 0. The standard InChI is InChI=1S/C15H17N/c1-13-9-5-3-6-10-14(13)15-11-7-4-8-12-16(15)2/h3-12,14H,1-2H3. The summed E-state index contributed by atoms with van der Waals surface area (Å²) in [5, 5.41) is 0. The van der Waals surface area contributed by atoms with E-state index in [-0.39, 0.29) is 0 Å². The lowest BCUT2D eigenvalue weighted by Gasteiger charge is -2.24. The number of allylic oxidation sites excluding steroid dienone is 9. The predicted octanol–water partition coefficient (Wildman–Crippen LogP) is 3.57. The van der Waals surface area contributed by atoms with Crippen LogP contribution in [0.2, 0.25) is 0 Å². The van der Waals surface area contributed by atoms with Crippen molar-refractivity contribution in [1.82, 2.24) is 4.90 Å². The minimum Gasteiger partial charge on any atom is -0.354 e. The highest BCUT2D eigenvalue weighted by Gasteiger charge is 2.16. The lowest BCUT2D eigenvalue weighted by molar-refractivity contribution is 0.518. The summed E-state index contributed by atoms with van der Waals surface area (Å²) in [5.74, 6) is 0.368. The third kappa shape index (κ3) is 2.25. The molecule has 1 heteroatoms. The molecule has 0 spiro atoms. The molecule has 0 N–H and O–H groups in total. The van der Waals surface area contributed by atoms with E-state index in [1.807, 2.05) is 0 Å². The summed E-state index contributed by atoms with van der Waals surface area (Å²) in [5.41, 5.74) is 2.67. The molecule has 0 amide bonds. The van der Waals surface area contributed by atoms with Gasteiger partial charge in [-0.3, -0.25) is 0 Å². The molecule has 1 aliphatic heterocycles. The molecular weight excluding hydrogens is 194 g/mol. The second kappa shape index (κ2) is 4.84. The maximum Gasteiger partial charge on any atom is 0.0385 e. The fraction of sp³-hybridized carbons (Fsp3) is 0.200. The molecule has 0 fully saturated rings. The van der Waals surface area contributed by atoms with E-state index >= 15 is 0 Å². The first-order chi connectivity index (χ1) is 7.79. The van der Waals surface area contributed by atoms with E-state index in [9.17, 15) is 0 Å². The fourth-order valence-corrected chi connectivity index (χ4v) is 1.96. The van der Waals surface area contributed by atoms with Gasteiger partial charge in [0.15, 0.2) is 0 Å². The normalized spacial score (nSPS) is 23.9. The van der Waals surface area contributed by atoms with E-state index < -0.39 is 0 Å². The molecule has 1 nitrogen and oxygen atoms in total. The summed E-state index contributed by atoms with van der Waals surface area (Å²) in [7, 11) is 2.09. The molecule has 0 saturated carbocycles. The monoisotopic (exact) mass is 211 g/mol. The Morgan fingerprint density at radius 1 is 0.938 bits per heavy atom. The first kappa shape index (κ1) is 10.7. The summed E-state index contributed by atoms with van der Waals surface area (Å²) < 4.78 is 0. The summed E-state index contributed by atoms with van der Waals surface area (Å²) in [6, 6.07) is 0. The first-order valence-corrected chi connectivity index (χ1v) is 5.58. The molecular formula is C15H17N.